The lowest BCUT2D eigenvalue weighted by molar-refractivity contribution is 0.345. The molecule has 232 valence electrons. The van der Waals surface area contributed by atoms with Crippen molar-refractivity contribution in [1.29, 1.82) is 0 Å². The van der Waals surface area contributed by atoms with E-state index in [9.17, 15) is 8.42 Å². The summed E-state index contributed by atoms with van der Waals surface area (Å²) in [4.78, 5) is 5.12. The van der Waals surface area contributed by atoms with E-state index in [0.717, 1.165) is 5.56 Å². The van der Waals surface area contributed by atoms with Gasteiger partial charge in [-0.25, -0.2) is 4.31 Å². The van der Waals surface area contributed by atoms with Crippen LogP contribution < -0.4 is 28.4 Å². The number of benzene rings is 3. The Bertz CT molecular complexity index is 1570. The quantitative estimate of drug-likeness (QED) is 0.269. The molecule has 3 aromatic carbocycles. The van der Waals surface area contributed by atoms with Crippen LogP contribution in [0.5, 0.6) is 34.5 Å². The number of rotatable bonds is 13. The molecule has 12 heteroatoms. The van der Waals surface area contributed by atoms with Gasteiger partial charge >= 0.3 is 10.2 Å². The van der Waals surface area contributed by atoms with E-state index in [1.807, 2.05) is 32.0 Å². The number of hydrogen-bond donors (Lipinski definition) is 0. The van der Waals surface area contributed by atoms with Crippen LogP contribution in [0, 0.1) is 0 Å². The van der Waals surface area contributed by atoms with Crippen molar-refractivity contribution in [3.05, 3.63) is 71.3 Å². The maximum Gasteiger partial charge on any atom is 0.305 e. The van der Waals surface area contributed by atoms with E-state index >= 15 is 0 Å². The number of aliphatic imine (C=N–C) groups is 1. The lowest BCUT2D eigenvalue weighted by Crippen LogP contribution is -2.47. The predicted octanol–water partition coefficient (Wildman–Crippen LogP) is 4.87. The average molecular weight is 614 g/mol. The van der Waals surface area contributed by atoms with Crippen LogP contribution >= 0.6 is 0 Å². The molecule has 43 heavy (non-hydrogen) atoms. The maximum absolute atomic E-state index is 14.5. The van der Waals surface area contributed by atoms with Gasteiger partial charge in [0.2, 0.25) is 0 Å². The standard InChI is InChI=1S/C31H39N3O8S/c1-9-33(10-2)43(35,36)34-30(21-12-15-24(38-4)27(18-21)41-7)29(20-11-14-23(37-3)26(17-20)40-6)32-31(34)22-13-16-25(39-5)28(19-22)42-8/h11-19,29-30H,9-10H2,1-8H3/t29-,30+/m0/s1. The highest BCUT2D eigenvalue weighted by Gasteiger charge is 2.47. The summed E-state index contributed by atoms with van der Waals surface area (Å²) >= 11 is 0. The minimum absolute atomic E-state index is 0.257. The van der Waals surface area contributed by atoms with Crippen LogP contribution in [0.2, 0.25) is 0 Å². The molecule has 0 amide bonds. The summed E-state index contributed by atoms with van der Waals surface area (Å²) in [5, 5.41) is 0. The number of nitrogens with zero attached hydrogens (tertiary/aromatic N) is 3. The van der Waals surface area contributed by atoms with Crippen molar-refractivity contribution < 1.29 is 36.8 Å². The summed E-state index contributed by atoms with van der Waals surface area (Å²) in [5.74, 6) is 3.24. The van der Waals surface area contributed by atoms with Gasteiger partial charge in [-0.1, -0.05) is 26.0 Å². The third kappa shape index (κ3) is 5.89. The lowest BCUT2D eigenvalue weighted by atomic mass is 9.94. The Morgan fingerprint density at radius 1 is 0.651 bits per heavy atom. The number of amidine groups is 1. The summed E-state index contributed by atoms with van der Waals surface area (Å²) in [7, 11) is 5.18. The van der Waals surface area contributed by atoms with Crippen molar-refractivity contribution in [3.8, 4) is 34.5 Å². The van der Waals surface area contributed by atoms with Gasteiger partial charge in [0.1, 0.15) is 11.9 Å². The van der Waals surface area contributed by atoms with Crippen molar-refractivity contribution in [2.24, 2.45) is 4.99 Å². The summed E-state index contributed by atoms with van der Waals surface area (Å²) < 4.78 is 65.0. The number of methoxy groups -OCH3 is 6. The zero-order valence-electron chi connectivity index (χ0n) is 25.8. The minimum Gasteiger partial charge on any atom is -0.493 e. The molecular weight excluding hydrogens is 574 g/mol. The van der Waals surface area contributed by atoms with Crippen LogP contribution in [0.3, 0.4) is 0 Å². The monoisotopic (exact) mass is 613 g/mol. The van der Waals surface area contributed by atoms with Gasteiger partial charge in [0.15, 0.2) is 34.5 Å². The molecule has 2 atom stereocenters. The molecule has 0 unspecified atom stereocenters. The van der Waals surface area contributed by atoms with Gasteiger partial charge in [-0.3, -0.25) is 4.99 Å². The predicted molar refractivity (Wildman–Crippen MR) is 164 cm³/mol. The van der Waals surface area contributed by atoms with Crippen LogP contribution in [-0.4, -0.2) is 78.6 Å². The first-order chi connectivity index (χ1) is 20.7. The van der Waals surface area contributed by atoms with E-state index in [1.54, 1.807) is 64.8 Å². The fraction of sp³-hybridized carbons (Fsp3) is 0.387. The average Bonchev–Trinajstić information content (AvgIpc) is 3.45. The Morgan fingerprint density at radius 2 is 1.09 bits per heavy atom. The van der Waals surface area contributed by atoms with Crippen molar-refractivity contribution in [3.63, 3.8) is 0 Å². The molecule has 0 bridgehead atoms. The Morgan fingerprint density at radius 3 is 1.58 bits per heavy atom. The molecule has 0 radical (unpaired) electrons. The molecule has 0 saturated heterocycles. The molecule has 0 spiro atoms. The number of ether oxygens (including phenoxy) is 6. The fourth-order valence-electron chi connectivity index (χ4n) is 5.27. The van der Waals surface area contributed by atoms with Gasteiger partial charge in [0.25, 0.3) is 0 Å². The third-order valence-corrected chi connectivity index (χ3v) is 9.51. The van der Waals surface area contributed by atoms with Crippen LogP contribution in [0.1, 0.15) is 42.6 Å². The third-order valence-electron chi connectivity index (χ3n) is 7.44. The van der Waals surface area contributed by atoms with E-state index in [0.29, 0.717) is 45.6 Å². The molecule has 11 nitrogen and oxygen atoms in total. The van der Waals surface area contributed by atoms with Gasteiger partial charge in [-0.2, -0.15) is 12.7 Å². The van der Waals surface area contributed by atoms with Crippen LogP contribution in [0.15, 0.2) is 59.6 Å². The summed E-state index contributed by atoms with van der Waals surface area (Å²) in [6.45, 7) is 4.16. The van der Waals surface area contributed by atoms with Gasteiger partial charge in [-0.05, 0) is 53.6 Å². The molecule has 0 aliphatic carbocycles. The summed E-state index contributed by atoms with van der Waals surface area (Å²) in [5.41, 5.74) is 1.93. The number of hydrogen-bond acceptors (Lipinski definition) is 9. The van der Waals surface area contributed by atoms with Crippen LogP contribution in [-0.2, 0) is 10.2 Å². The van der Waals surface area contributed by atoms with Crippen LogP contribution in [0.4, 0.5) is 0 Å². The van der Waals surface area contributed by atoms with Gasteiger partial charge in [0, 0.05) is 18.7 Å². The Kier molecular flexibility index (Phi) is 9.92. The van der Waals surface area contributed by atoms with E-state index in [1.165, 1.54) is 22.8 Å². The second-order valence-corrected chi connectivity index (χ2v) is 11.3. The molecule has 0 aromatic heterocycles. The van der Waals surface area contributed by atoms with Crippen molar-refractivity contribution in [2.75, 3.05) is 55.7 Å². The second-order valence-electron chi connectivity index (χ2n) is 9.53. The largest absolute Gasteiger partial charge is 0.493 e. The van der Waals surface area contributed by atoms with E-state index in [4.69, 9.17) is 33.4 Å². The summed E-state index contributed by atoms with van der Waals surface area (Å²) in [6.07, 6.45) is 0. The molecule has 1 aliphatic heterocycles. The van der Waals surface area contributed by atoms with Gasteiger partial charge < -0.3 is 28.4 Å². The minimum atomic E-state index is -4.10. The van der Waals surface area contributed by atoms with Crippen molar-refractivity contribution in [1.82, 2.24) is 8.61 Å². The van der Waals surface area contributed by atoms with Crippen molar-refractivity contribution >= 4 is 16.0 Å². The molecule has 4 rings (SSSR count). The highest BCUT2D eigenvalue weighted by molar-refractivity contribution is 7.87. The molecule has 3 aromatic rings. The van der Waals surface area contributed by atoms with Crippen LogP contribution in [0.25, 0.3) is 0 Å². The van der Waals surface area contributed by atoms with Gasteiger partial charge in [0.05, 0.1) is 48.7 Å². The molecular formula is C31H39N3O8S. The zero-order chi connectivity index (χ0) is 31.3. The second kappa shape index (κ2) is 13.4. The lowest BCUT2D eigenvalue weighted by Gasteiger charge is -2.34. The first kappa shape index (κ1) is 31.8. The molecule has 1 heterocycles. The Hall–Kier alpha value is -4.16. The molecule has 0 fully saturated rings. The normalized spacial score (nSPS) is 16.6. The van der Waals surface area contributed by atoms with Gasteiger partial charge in [-0.15, -0.1) is 0 Å². The highest BCUT2D eigenvalue weighted by Crippen LogP contribution is 2.48. The topological polar surface area (TPSA) is 108 Å². The van der Waals surface area contributed by atoms with E-state index in [2.05, 4.69) is 0 Å². The smallest absolute Gasteiger partial charge is 0.305 e. The molecule has 0 N–H and O–H groups in total. The van der Waals surface area contributed by atoms with Crippen molar-refractivity contribution in [2.45, 2.75) is 25.9 Å². The molecule has 0 saturated carbocycles. The zero-order valence-corrected chi connectivity index (χ0v) is 26.6. The van der Waals surface area contributed by atoms with E-state index in [-0.39, 0.29) is 18.9 Å². The Labute approximate surface area is 253 Å². The highest BCUT2D eigenvalue weighted by atomic mass is 32.2. The SMILES string of the molecule is CCN(CC)S(=O)(=O)N1C(c2ccc(OC)c(OC)c2)=N[C@@H](c2ccc(OC)c(OC)c2)[C@H]1c1ccc(OC)c(OC)c1. The first-order valence-electron chi connectivity index (χ1n) is 13.8. The summed E-state index contributed by atoms with van der Waals surface area (Å²) in [6, 6.07) is 14.6. The first-order valence-corrected chi connectivity index (χ1v) is 15.2. The van der Waals surface area contributed by atoms with E-state index < -0.39 is 22.3 Å². The maximum atomic E-state index is 14.5. The Balaban J connectivity index is 2.05. The fourth-order valence-corrected chi connectivity index (χ4v) is 7.07. The molecule has 1 aliphatic rings.